The van der Waals surface area contributed by atoms with Crippen LogP contribution in [0, 0.1) is 0 Å². The Bertz CT molecular complexity index is 1120. The Morgan fingerprint density at radius 1 is 0.868 bits per heavy atom. The third-order valence-electron chi connectivity index (χ3n) is 5.55. The van der Waals surface area contributed by atoms with Gasteiger partial charge in [0.25, 0.3) is 0 Å². The smallest absolute Gasteiger partial charge is 0.343 e. The summed E-state index contributed by atoms with van der Waals surface area (Å²) >= 11 is 0. The zero-order chi connectivity index (χ0) is 28.1. The summed E-state index contributed by atoms with van der Waals surface area (Å²) in [6.45, 7) is -0.755. The van der Waals surface area contributed by atoms with E-state index >= 15 is 0 Å². The van der Waals surface area contributed by atoms with E-state index in [4.69, 9.17) is 14.9 Å². The number of carbonyl (C=O) groups is 5. The molecule has 2 aromatic carbocycles. The number of amides is 2. The third kappa shape index (κ3) is 9.88. The highest BCUT2D eigenvalue weighted by molar-refractivity contribution is 5.91. The number of carbonyl (C=O) groups excluding carboxylic acids is 2. The number of halogens is 1. The summed E-state index contributed by atoms with van der Waals surface area (Å²) < 4.78 is 17.5. The van der Waals surface area contributed by atoms with E-state index in [0.29, 0.717) is 24.8 Å². The molecule has 2 aromatic rings. The predicted octanol–water partition coefficient (Wildman–Crippen LogP) is 2.98. The first kappa shape index (κ1) is 29.7. The molecule has 38 heavy (non-hydrogen) atoms. The minimum atomic E-state index is -1.46. The Morgan fingerprint density at radius 3 is 2.08 bits per heavy atom. The van der Waals surface area contributed by atoms with Crippen molar-refractivity contribution in [2.75, 3.05) is 13.2 Å². The molecule has 5 N–H and O–H groups in total. The summed E-state index contributed by atoms with van der Waals surface area (Å²) in [5.74, 6) is -5.55. The molecule has 12 heteroatoms. The van der Waals surface area contributed by atoms with Gasteiger partial charge in [-0.25, -0.2) is 14.4 Å². The Hall–Kier alpha value is -4.48. The number of hydrogen-bond donors (Lipinski definition) is 5. The third-order valence-corrected chi connectivity index (χ3v) is 5.55. The zero-order valence-corrected chi connectivity index (χ0v) is 20.4. The van der Waals surface area contributed by atoms with Crippen molar-refractivity contribution >= 4 is 29.9 Å². The van der Waals surface area contributed by atoms with Crippen molar-refractivity contribution in [2.24, 2.45) is 0 Å². The lowest BCUT2D eigenvalue weighted by molar-refractivity contribution is -0.141. The number of benzene rings is 2. The number of alkyl halides is 1. The van der Waals surface area contributed by atoms with Gasteiger partial charge in [0.2, 0.25) is 0 Å². The maximum atomic E-state index is 12.4. The fourth-order valence-electron chi connectivity index (χ4n) is 3.44. The van der Waals surface area contributed by atoms with Gasteiger partial charge in [-0.3, -0.25) is 14.0 Å². The fourth-order valence-corrected chi connectivity index (χ4v) is 3.44. The Kier molecular flexibility index (Phi) is 11.7. The molecule has 11 nitrogen and oxygen atoms in total. The standard InChI is InChI=1S/C26H29FN2O9/c27-14-2-1-3-16-4-6-18(7-5-16)25(36)38-19-10-8-17(9-11-19)20(23(32)33)15-28-26(37)29-21(24(34)35)12-13-22(30)31/h4-11,20-21H,1-3,12-15H2,(H,30,31)(H,32,33)(H,34,35)(H2,28,29,37). The second kappa shape index (κ2) is 14.9. The van der Waals surface area contributed by atoms with Crippen LogP contribution in [0.2, 0.25) is 0 Å². The maximum absolute atomic E-state index is 12.4. The Morgan fingerprint density at radius 2 is 1.53 bits per heavy atom. The van der Waals surface area contributed by atoms with E-state index in [0.717, 1.165) is 5.56 Å². The summed E-state index contributed by atoms with van der Waals surface area (Å²) in [6, 6.07) is 9.97. The summed E-state index contributed by atoms with van der Waals surface area (Å²) in [4.78, 5) is 58.1. The van der Waals surface area contributed by atoms with Gasteiger partial charge in [0.05, 0.1) is 18.2 Å². The molecule has 0 saturated carbocycles. The molecule has 0 aliphatic carbocycles. The molecular formula is C26H29FN2O9. The summed E-state index contributed by atoms with van der Waals surface area (Å²) in [7, 11) is 0. The van der Waals surface area contributed by atoms with Crippen LogP contribution in [-0.4, -0.2) is 64.5 Å². The lowest BCUT2D eigenvalue weighted by Gasteiger charge is -2.17. The number of aliphatic carboxylic acids is 3. The number of carboxylic acid groups (broad SMARTS) is 3. The van der Waals surface area contributed by atoms with Gasteiger partial charge in [0, 0.05) is 13.0 Å². The molecule has 2 amide bonds. The van der Waals surface area contributed by atoms with Crippen LogP contribution in [-0.2, 0) is 20.8 Å². The van der Waals surface area contributed by atoms with Gasteiger partial charge < -0.3 is 30.7 Å². The van der Waals surface area contributed by atoms with E-state index in [9.17, 15) is 33.5 Å². The molecule has 0 radical (unpaired) electrons. The molecule has 2 unspecified atom stereocenters. The number of carboxylic acids is 3. The van der Waals surface area contributed by atoms with Crippen molar-refractivity contribution in [3.05, 3.63) is 65.2 Å². The zero-order valence-electron chi connectivity index (χ0n) is 20.4. The lowest BCUT2D eigenvalue weighted by Crippen LogP contribution is -2.47. The topological polar surface area (TPSA) is 179 Å². The van der Waals surface area contributed by atoms with Gasteiger partial charge in [0.1, 0.15) is 11.8 Å². The molecule has 2 rings (SSSR count). The number of aryl methyl sites for hydroxylation is 1. The van der Waals surface area contributed by atoms with Crippen LogP contribution >= 0.6 is 0 Å². The fraction of sp³-hybridized carbons (Fsp3) is 0.346. The molecule has 0 bridgehead atoms. The normalized spacial score (nSPS) is 12.1. The van der Waals surface area contributed by atoms with Crippen LogP contribution in [0.4, 0.5) is 9.18 Å². The highest BCUT2D eigenvalue weighted by Crippen LogP contribution is 2.21. The number of unbranched alkanes of at least 4 members (excludes halogenated alkanes) is 1. The molecule has 2 atom stereocenters. The number of nitrogens with one attached hydrogen (secondary N) is 2. The maximum Gasteiger partial charge on any atom is 0.343 e. The molecule has 0 heterocycles. The molecule has 204 valence electrons. The Balaban J connectivity index is 1.94. The van der Waals surface area contributed by atoms with Crippen molar-refractivity contribution in [1.29, 1.82) is 0 Å². The molecule has 0 fully saturated rings. The molecule has 0 spiro atoms. The molecular weight excluding hydrogens is 503 g/mol. The van der Waals surface area contributed by atoms with Crippen LogP contribution in [0.15, 0.2) is 48.5 Å². The van der Waals surface area contributed by atoms with Crippen molar-refractivity contribution in [1.82, 2.24) is 10.6 Å². The van der Waals surface area contributed by atoms with Crippen LogP contribution in [0.1, 0.15) is 53.1 Å². The summed E-state index contributed by atoms with van der Waals surface area (Å²) in [5, 5.41) is 31.8. The van der Waals surface area contributed by atoms with Gasteiger partial charge in [-0.2, -0.15) is 0 Å². The van der Waals surface area contributed by atoms with Gasteiger partial charge in [-0.15, -0.1) is 0 Å². The number of hydrogen-bond acceptors (Lipinski definition) is 6. The van der Waals surface area contributed by atoms with Crippen LogP contribution < -0.4 is 15.4 Å². The van der Waals surface area contributed by atoms with Crippen molar-refractivity contribution in [3.63, 3.8) is 0 Å². The highest BCUT2D eigenvalue weighted by Gasteiger charge is 2.24. The van der Waals surface area contributed by atoms with Gasteiger partial charge in [0.15, 0.2) is 0 Å². The number of esters is 1. The first-order valence-corrected chi connectivity index (χ1v) is 11.8. The largest absolute Gasteiger partial charge is 0.481 e. The minimum absolute atomic E-state index is 0.170. The second-order valence-electron chi connectivity index (χ2n) is 8.37. The number of ether oxygens (including phenoxy) is 1. The molecule has 0 aliphatic rings. The number of urea groups is 1. The van der Waals surface area contributed by atoms with Crippen LogP contribution in [0.25, 0.3) is 0 Å². The van der Waals surface area contributed by atoms with Crippen molar-refractivity contribution in [2.45, 2.75) is 44.1 Å². The highest BCUT2D eigenvalue weighted by atomic mass is 19.1. The average Bonchev–Trinajstić information content (AvgIpc) is 2.87. The van der Waals surface area contributed by atoms with Crippen molar-refractivity contribution in [3.8, 4) is 5.75 Å². The van der Waals surface area contributed by atoms with E-state index in [1.165, 1.54) is 24.3 Å². The van der Waals surface area contributed by atoms with Crippen LogP contribution in [0.3, 0.4) is 0 Å². The van der Waals surface area contributed by atoms with E-state index in [-0.39, 0.29) is 31.0 Å². The lowest BCUT2D eigenvalue weighted by atomic mass is 9.99. The molecule has 0 saturated heterocycles. The van der Waals surface area contributed by atoms with Crippen LogP contribution in [0.5, 0.6) is 5.75 Å². The first-order valence-electron chi connectivity index (χ1n) is 11.8. The van der Waals surface area contributed by atoms with E-state index in [2.05, 4.69) is 10.6 Å². The monoisotopic (exact) mass is 532 g/mol. The van der Waals surface area contributed by atoms with Gasteiger partial charge in [-0.05, 0) is 61.1 Å². The SMILES string of the molecule is O=C(O)CCC(NC(=O)NCC(C(=O)O)c1ccc(OC(=O)c2ccc(CCCCF)cc2)cc1)C(=O)O. The summed E-state index contributed by atoms with van der Waals surface area (Å²) in [5.41, 5.74) is 1.57. The quantitative estimate of drug-likeness (QED) is 0.131. The van der Waals surface area contributed by atoms with Crippen molar-refractivity contribution < 1.29 is 48.4 Å². The van der Waals surface area contributed by atoms with E-state index in [1.807, 2.05) is 0 Å². The first-order chi connectivity index (χ1) is 18.1. The Labute approximate surface area is 217 Å². The number of rotatable bonds is 15. The predicted molar refractivity (Wildman–Crippen MR) is 132 cm³/mol. The molecule has 0 aliphatic heterocycles. The van der Waals surface area contributed by atoms with Gasteiger partial charge >= 0.3 is 29.9 Å². The van der Waals surface area contributed by atoms with E-state index in [1.54, 1.807) is 24.3 Å². The average molecular weight is 533 g/mol. The second-order valence-corrected chi connectivity index (χ2v) is 8.37. The summed E-state index contributed by atoms with van der Waals surface area (Å²) in [6.07, 6.45) is 1.07. The minimum Gasteiger partial charge on any atom is -0.481 e. The van der Waals surface area contributed by atoms with Gasteiger partial charge in [-0.1, -0.05) is 24.3 Å². The van der Waals surface area contributed by atoms with E-state index < -0.39 is 48.3 Å². The molecule has 0 aromatic heterocycles.